The number of nitrogens with zero attached hydrogens (tertiary/aromatic N) is 2. The number of ether oxygens (including phenoxy) is 4. The van der Waals surface area contributed by atoms with Crippen molar-refractivity contribution in [2.75, 3.05) is 21.3 Å². The second-order valence-electron chi connectivity index (χ2n) is 8.84. The van der Waals surface area contributed by atoms with Crippen LogP contribution in [0.2, 0.25) is 0 Å². The molecule has 0 bridgehead atoms. The highest BCUT2D eigenvalue weighted by molar-refractivity contribution is 6.07. The van der Waals surface area contributed by atoms with Crippen molar-refractivity contribution in [1.29, 1.82) is 0 Å². The molecule has 8 nitrogen and oxygen atoms in total. The third kappa shape index (κ3) is 4.39. The van der Waals surface area contributed by atoms with Crippen LogP contribution in [0.1, 0.15) is 50.6 Å². The van der Waals surface area contributed by atoms with Crippen LogP contribution in [0.25, 0.3) is 22.6 Å². The van der Waals surface area contributed by atoms with E-state index in [9.17, 15) is 4.79 Å². The summed E-state index contributed by atoms with van der Waals surface area (Å²) in [5.74, 6) is 1.94. The number of benzene rings is 2. The molecule has 8 heteroatoms. The number of fused-ring (bicyclic) bond motifs is 2. The summed E-state index contributed by atoms with van der Waals surface area (Å²) < 4.78 is 27.5. The Morgan fingerprint density at radius 2 is 1.76 bits per heavy atom. The number of para-hydroxylation sites is 1. The molecule has 0 saturated heterocycles. The monoisotopic (exact) mass is 500 g/mol. The van der Waals surface area contributed by atoms with Crippen LogP contribution in [0.3, 0.4) is 0 Å². The van der Waals surface area contributed by atoms with Crippen molar-refractivity contribution in [2.24, 2.45) is 0 Å². The van der Waals surface area contributed by atoms with Gasteiger partial charge in [-0.2, -0.15) is 0 Å². The second-order valence-corrected chi connectivity index (χ2v) is 8.84. The zero-order valence-electron chi connectivity index (χ0n) is 21.5. The Kier molecular flexibility index (Phi) is 6.56. The van der Waals surface area contributed by atoms with Gasteiger partial charge in [0, 0.05) is 5.39 Å². The van der Waals surface area contributed by atoms with Crippen LogP contribution in [0.5, 0.6) is 17.2 Å². The van der Waals surface area contributed by atoms with Crippen molar-refractivity contribution in [3.8, 4) is 17.2 Å². The number of hydrogen-bond acceptors (Lipinski definition) is 8. The summed E-state index contributed by atoms with van der Waals surface area (Å²) in [5.41, 5.74) is 6.39. The molecule has 1 aliphatic rings. The molecule has 0 fully saturated rings. The molecule has 0 N–H and O–H groups in total. The highest BCUT2D eigenvalue weighted by Gasteiger charge is 2.28. The van der Waals surface area contributed by atoms with Gasteiger partial charge in [-0.25, -0.2) is 9.78 Å². The number of carbonyl (C=O) groups is 1. The molecular weight excluding hydrogens is 472 g/mol. The van der Waals surface area contributed by atoms with Gasteiger partial charge in [-0.3, -0.25) is 0 Å². The molecule has 0 saturated carbocycles. The van der Waals surface area contributed by atoms with Gasteiger partial charge in [-0.05, 0) is 67.7 Å². The molecule has 1 aliphatic carbocycles. The van der Waals surface area contributed by atoms with E-state index < -0.39 is 0 Å². The molecule has 0 amide bonds. The minimum Gasteiger partial charge on any atom is -0.493 e. The highest BCUT2D eigenvalue weighted by Crippen LogP contribution is 2.41. The number of allylic oxidation sites excluding steroid dienone is 1. The average Bonchev–Trinajstić information content (AvgIpc) is 3.46. The van der Waals surface area contributed by atoms with Crippen molar-refractivity contribution in [3.63, 3.8) is 0 Å². The lowest BCUT2D eigenvalue weighted by Crippen LogP contribution is -2.11. The fourth-order valence-corrected chi connectivity index (χ4v) is 4.82. The topological polar surface area (TPSA) is 92.9 Å². The lowest BCUT2D eigenvalue weighted by atomic mass is 10.0. The maximum absolute atomic E-state index is 13.5. The smallest absolute Gasteiger partial charge is 0.339 e. The van der Waals surface area contributed by atoms with Gasteiger partial charge in [0.05, 0.1) is 49.4 Å². The lowest BCUT2D eigenvalue weighted by molar-refractivity contribution is 0.0472. The quantitative estimate of drug-likeness (QED) is 0.298. The Bertz CT molecular complexity index is 1490. The molecule has 0 radical (unpaired) electrons. The first kappa shape index (κ1) is 24.4. The Balaban J connectivity index is 1.57. The number of hydrogen-bond donors (Lipinski definition) is 0. The number of esters is 1. The fraction of sp³-hybridized carbons (Fsp3) is 0.276. The lowest BCUT2D eigenvalue weighted by Gasteiger charge is -2.14. The Labute approximate surface area is 214 Å². The van der Waals surface area contributed by atoms with Crippen LogP contribution in [0.15, 0.2) is 40.9 Å². The highest BCUT2D eigenvalue weighted by atomic mass is 16.5. The summed E-state index contributed by atoms with van der Waals surface area (Å²) in [5, 5.41) is 4.73. The number of aromatic nitrogens is 2. The van der Waals surface area contributed by atoms with E-state index in [1.165, 1.54) is 0 Å². The molecule has 0 spiro atoms. The Morgan fingerprint density at radius 3 is 2.41 bits per heavy atom. The molecule has 2 heterocycles. The molecule has 0 unspecified atom stereocenters. The van der Waals surface area contributed by atoms with Crippen LogP contribution in [0, 0.1) is 13.8 Å². The van der Waals surface area contributed by atoms with Crippen molar-refractivity contribution >= 4 is 28.5 Å². The molecule has 190 valence electrons. The molecule has 5 rings (SSSR count). The minimum atomic E-state index is -0.385. The molecule has 0 aliphatic heterocycles. The van der Waals surface area contributed by atoms with E-state index in [4.69, 9.17) is 28.5 Å². The van der Waals surface area contributed by atoms with E-state index >= 15 is 0 Å². The van der Waals surface area contributed by atoms with Gasteiger partial charge in [0.25, 0.3) is 0 Å². The predicted octanol–water partition coefficient (Wildman–Crippen LogP) is 5.71. The predicted molar refractivity (Wildman–Crippen MR) is 139 cm³/mol. The van der Waals surface area contributed by atoms with Crippen LogP contribution in [-0.2, 0) is 17.8 Å². The summed E-state index contributed by atoms with van der Waals surface area (Å²) >= 11 is 0. The van der Waals surface area contributed by atoms with E-state index in [2.05, 4.69) is 11.2 Å². The van der Waals surface area contributed by atoms with Crippen LogP contribution in [-0.4, -0.2) is 37.4 Å². The van der Waals surface area contributed by atoms with E-state index in [0.717, 1.165) is 45.3 Å². The van der Waals surface area contributed by atoms with Gasteiger partial charge in [0.2, 0.25) is 5.75 Å². The Hall–Kier alpha value is -4.33. The number of rotatable bonds is 7. The zero-order chi connectivity index (χ0) is 26.1. The third-order valence-electron chi connectivity index (χ3n) is 6.70. The van der Waals surface area contributed by atoms with Gasteiger partial charge in [0.15, 0.2) is 11.5 Å². The summed E-state index contributed by atoms with van der Waals surface area (Å²) in [6.45, 7) is 3.74. The largest absolute Gasteiger partial charge is 0.493 e. The molecule has 0 atom stereocenters. The molecule has 4 aromatic rings. The van der Waals surface area contributed by atoms with Gasteiger partial charge in [-0.15, -0.1) is 0 Å². The van der Waals surface area contributed by atoms with E-state index in [1.807, 2.05) is 50.2 Å². The molecule has 2 aromatic heterocycles. The van der Waals surface area contributed by atoms with Crippen LogP contribution < -0.4 is 14.2 Å². The van der Waals surface area contributed by atoms with Gasteiger partial charge in [0.1, 0.15) is 12.4 Å². The van der Waals surface area contributed by atoms with Crippen molar-refractivity contribution in [3.05, 3.63) is 75.8 Å². The standard InChI is InChI=1S/C29H28N2O6/c1-16-22(17(2)37-31-16)15-36-29(32)26-20-8-6-7-9-23(20)30-27-19(10-11-21(26)27)12-18-13-24(33-3)28(35-5)25(14-18)34-4/h6-9,12-14H,10-11,15H2,1-5H3. The molecule has 37 heavy (non-hydrogen) atoms. The number of methoxy groups -OCH3 is 3. The van der Waals surface area contributed by atoms with E-state index in [1.54, 1.807) is 21.3 Å². The van der Waals surface area contributed by atoms with Crippen molar-refractivity contribution in [2.45, 2.75) is 33.3 Å². The minimum absolute atomic E-state index is 0.0968. The van der Waals surface area contributed by atoms with Gasteiger partial charge in [-0.1, -0.05) is 23.4 Å². The Morgan fingerprint density at radius 1 is 1.03 bits per heavy atom. The maximum atomic E-state index is 13.5. The summed E-state index contributed by atoms with van der Waals surface area (Å²) in [6, 6.07) is 11.4. The van der Waals surface area contributed by atoms with Gasteiger partial charge >= 0.3 is 5.97 Å². The maximum Gasteiger partial charge on any atom is 0.339 e. The van der Waals surface area contributed by atoms with Crippen molar-refractivity contribution in [1.82, 2.24) is 10.1 Å². The number of pyridine rings is 1. The number of carbonyl (C=O) groups excluding carboxylic acids is 1. The first-order chi connectivity index (χ1) is 17.9. The SMILES string of the molecule is COc1cc(C=C2CCc3c2nc2ccccc2c3C(=O)OCc2c(C)noc2C)cc(OC)c1OC. The second kappa shape index (κ2) is 9.97. The van der Waals surface area contributed by atoms with E-state index in [0.29, 0.717) is 40.7 Å². The van der Waals surface area contributed by atoms with Crippen LogP contribution in [0.4, 0.5) is 0 Å². The summed E-state index contributed by atoms with van der Waals surface area (Å²) in [7, 11) is 4.76. The summed E-state index contributed by atoms with van der Waals surface area (Å²) in [6.07, 6.45) is 3.47. The number of aryl methyl sites for hydroxylation is 2. The third-order valence-corrected chi connectivity index (χ3v) is 6.70. The van der Waals surface area contributed by atoms with Crippen LogP contribution >= 0.6 is 0 Å². The molecular formula is C29H28N2O6. The first-order valence-electron chi connectivity index (χ1n) is 12.0. The fourth-order valence-electron chi connectivity index (χ4n) is 4.82. The van der Waals surface area contributed by atoms with Crippen molar-refractivity contribution < 1.29 is 28.3 Å². The summed E-state index contributed by atoms with van der Waals surface area (Å²) in [4.78, 5) is 18.4. The average molecular weight is 501 g/mol. The normalized spacial score (nSPS) is 13.6. The van der Waals surface area contributed by atoms with Gasteiger partial charge < -0.3 is 23.5 Å². The van der Waals surface area contributed by atoms with E-state index in [-0.39, 0.29) is 12.6 Å². The molecule has 2 aromatic carbocycles. The zero-order valence-corrected chi connectivity index (χ0v) is 21.5. The first-order valence-corrected chi connectivity index (χ1v) is 12.0.